The van der Waals surface area contributed by atoms with Gasteiger partial charge in [0.2, 0.25) is 0 Å². The summed E-state index contributed by atoms with van der Waals surface area (Å²) in [6.45, 7) is 17.9. The Bertz CT molecular complexity index is 2430. The number of aryl methyl sites for hydroxylation is 2. The van der Waals surface area contributed by atoms with Crippen molar-refractivity contribution in [1.82, 2.24) is 15.0 Å². The quantitative estimate of drug-likeness (QED) is 0.165. The number of furan rings is 1. The minimum Gasteiger partial charge on any atom is -0.501 e. The summed E-state index contributed by atoms with van der Waals surface area (Å²) in [5.74, 6) is 0. The maximum absolute atomic E-state index is 6.54. The van der Waals surface area contributed by atoms with E-state index in [0.717, 1.165) is 61.4 Å². The summed E-state index contributed by atoms with van der Waals surface area (Å²) in [4.78, 5) is 14.1. The summed E-state index contributed by atoms with van der Waals surface area (Å²) in [6.07, 6.45) is 4.80. The van der Waals surface area contributed by atoms with E-state index in [1.54, 1.807) is 17.5 Å². The van der Waals surface area contributed by atoms with Crippen LogP contribution in [0.1, 0.15) is 63.2 Å². The molecule has 0 aliphatic carbocycles. The monoisotopic (exact) mass is 878 g/mol. The molecule has 8 rings (SSSR count). The minimum atomic E-state index is 0. The second-order valence-electron chi connectivity index (χ2n) is 15.5. The molecule has 0 atom stereocenters. The van der Waals surface area contributed by atoms with Gasteiger partial charge in [0, 0.05) is 49.4 Å². The van der Waals surface area contributed by atoms with Gasteiger partial charge < -0.3 is 14.4 Å². The van der Waals surface area contributed by atoms with Crippen molar-refractivity contribution in [2.45, 2.75) is 67.2 Å². The summed E-state index contributed by atoms with van der Waals surface area (Å²) >= 11 is 1.77. The van der Waals surface area contributed by atoms with E-state index in [2.05, 4.69) is 121 Å². The third kappa shape index (κ3) is 7.80. The molecular weight excluding hydrogens is 835 g/mol. The summed E-state index contributed by atoms with van der Waals surface area (Å²) in [5.41, 5.74) is 13.0. The van der Waals surface area contributed by atoms with Gasteiger partial charge in [-0.3, -0.25) is 0 Å². The van der Waals surface area contributed by atoms with Crippen LogP contribution in [0.4, 0.5) is 0 Å². The third-order valence-corrected chi connectivity index (χ3v) is 10.4. The molecule has 0 aliphatic heterocycles. The molecule has 0 unspecified atom stereocenters. The first-order valence-corrected chi connectivity index (χ1v) is 18.3. The van der Waals surface area contributed by atoms with Crippen molar-refractivity contribution >= 4 is 43.5 Å². The second kappa shape index (κ2) is 14.9. The summed E-state index contributed by atoms with van der Waals surface area (Å²) < 4.78 is 7.72. The normalized spacial score (nSPS) is 11.8. The zero-order chi connectivity index (χ0) is 35.9. The summed E-state index contributed by atoms with van der Waals surface area (Å²) in [5, 5.41) is 3.33. The second-order valence-corrected chi connectivity index (χ2v) is 16.5. The van der Waals surface area contributed by atoms with Crippen LogP contribution in [0.5, 0.6) is 0 Å². The van der Waals surface area contributed by atoms with Crippen LogP contribution in [0.15, 0.2) is 108 Å². The molecular formula is C46H43IrN3OS-2. The first-order valence-electron chi connectivity index (χ1n) is 17.5. The van der Waals surface area contributed by atoms with E-state index in [4.69, 9.17) is 14.4 Å². The van der Waals surface area contributed by atoms with Crippen molar-refractivity contribution in [3.63, 3.8) is 0 Å². The molecule has 4 heterocycles. The van der Waals surface area contributed by atoms with Crippen molar-refractivity contribution in [3.8, 4) is 33.6 Å². The third-order valence-electron chi connectivity index (χ3n) is 8.95. The number of hydrogen-bond donors (Lipinski definition) is 0. The molecule has 1 radical (unpaired) electrons. The Morgan fingerprint density at radius 3 is 2.19 bits per heavy atom. The van der Waals surface area contributed by atoms with E-state index < -0.39 is 0 Å². The van der Waals surface area contributed by atoms with E-state index in [1.807, 2.05) is 48.5 Å². The van der Waals surface area contributed by atoms with Crippen molar-refractivity contribution in [3.05, 3.63) is 137 Å². The van der Waals surface area contributed by atoms with Crippen molar-refractivity contribution < 1.29 is 24.5 Å². The van der Waals surface area contributed by atoms with Crippen molar-refractivity contribution in [2.75, 3.05) is 0 Å². The molecule has 8 aromatic rings. The molecule has 0 bridgehead atoms. The molecule has 0 spiro atoms. The molecule has 0 saturated carbocycles. The Morgan fingerprint density at radius 1 is 0.750 bits per heavy atom. The maximum atomic E-state index is 6.54. The number of fused-ring (bicyclic) bond motifs is 4. The molecule has 0 aliphatic rings. The SMILES string of the molecule is Cc1cccc(C)c1-c1cc(-c2[c-]ccc3c2oc2cc4nc(C(C)(C)C)sc4cc23)ncc1CC(C)(C)C.[Ir].[c-]1ccccc1-c1ccccn1. The molecule has 4 aromatic carbocycles. The van der Waals surface area contributed by atoms with E-state index in [1.165, 1.54) is 32.5 Å². The smallest absolute Gasteiger partial charge is 0.123 e. The number of hydrogen-bond acceptors (Lipinski definition) is 5. The fourth-order valence-corrected chi connectivity index (χ4v) is 7.60. The predicted octanol–water partition coefficient (Wildman–Crippen LogP) is 12.8. The van der Waals surface area contributed by atoms with Crippen LogP contribution in [-0.2, 0) is 31.9 Å². The fraction of sp³-hybridized carbons (Fsp3) is 0.239. The van der Waals surface area contributed by atoms with Gasteiger partial charge in [-0.15, -0.1) is 65.4 Å². The number of pyridine rings is 2. The summed E-state index contributed by atoms with van der Waals surface area (Å²) in [6, 6.07) is 37.4. The Morgan fingerprint density at radius 2 is 1.52 bits per heavy atom. The van der Waals surface area contributed by atoms with Gasteiger partial charge in [0.25, 0.3) is 0 Å². The standard InChI is InChI=1S/C35H35N2OS.C11H8N.Ir/c1-20-11-9-12-21(2)31(20)25-15-27(36-19-22(25)18-34(3,4)5)24-14-10-13-23-26-16-30-28(17-29(26)38-32(23)24)37-33(39-30)35(6,7)8;1-2-6-10(7-3-1)11-8-4-5-9-12-11;/h9-13,15-17,19H,18H2,1-8H3;1-6,8-9H;/q2*-1;. The Kier molecular flexibility index (Phi) is 10.7. The van der Waals surface area contributed by atoms with Gasteiger partial charge in [0.15, 0.2) is 0 Å². The van der Waals surface area contributed by atoms with Crippen LogP contribution in [0.3, 0.4) is 0 Å². The number of nitrogens with zero attached hydrogens (tertiary/aromatic N) is 3. The van der Waals surface area contributed by atoms with Gasteiger partial charge in [-0.05, 0) is 77.0 Å². The molecule has 4 nitrogen and oxygen atoms in total. The molecule has 0 saturated heterocycles. The van der Waals surface area contributed by atoms with E-state index in [0.29, 0.717) is 0 Å². The number of benzene rings is 4. The van der Waals surface area contributed by atoms with E-state index in [9.17, 15) is 0 Å². The van der Waals surface area contributed by atoms with E-state index >= 15 is 0 Å². The van der Waals surface area contributed by atoms with Gasteiger partial charge in [0.1, 0.15) is 5.58 Å². The molecule has 265 valence electrons. The first-order chi connectivity index (χ1) is 24.4. The molecule has 0 N–H and O–H groups in total. The van der Waals surface area contributed by atoms with Crippen molar-refractivity contribution in [2.24, 2.45) is 5.41 Å². The zero-order valence-corrected chi connectivity index (χ0v) is 34.2. The topological polar surface area (TPSA) is 51.8 Å². The van der Waals surface area contributed by atoms with E-state index in [-0.39, 0.29) is 30.9 Å². The largest absolute Gasteiger partial charge is 0.501 e. The van der Waals surface area contributed by atoms with Gasteiger partial charge in [-0.2, -0.15) is 0 Å². The van der Waals surface area contributed by atoms with Crippen molar-refractivity contribution in [1.29, 1.82) is 0 Å². The van der Waals surface area contributed by atoms with Crippen LogP contribution < -0.4 is 0 Å². The van der Waals surface area contributed by atoms with Gasteiger partial charge >= 0.3 is 0 Å². The molecule has 52 heavy (non-hydrogen) atoms. The van der Waals surface area contributed by atoms with Crippen LogP contribution >= 0.6 is 11.3 Å². The number of thiazole rings is 1. The maximum Gasteiger partial charge on any atom is 0.123 e. The molecule has 6 heteroatoms. The van der Waals surface area contributed by atoms with Crippen LogP contribution in [0.25, 0.3) is 65.8 Å². The van der Waals surface area contributed by atoms with Gasteiger partial charge in [0.05, 0.1) is 20.8 Å². The first kappa shape index (κ1) is 37.3. The molecule has 4 aromatic heterocycles. The van der Waals surface area contributed by atoms with Crippen LogP contribution in [0, 0.1) is 31.4 Å². The fourth-order valence-electron chi connectivity index (χ4n) is 6.55. The van der Waals surface area contributed by atoms with Crippen LogP contribution in [0.2, 0.25) is 0 Å². The Labute approximate surface area is 324 Å². The average molecular weight is 878 g/mol. The molecule has 0 fully saturated rings. The van der Waals surface area contributed by atoms with Crippen LogP contribution in [-0.4, -0.2) is 15.0 Å². The van der Waals surface area contributed by atoms with Gasteiger partial charge in [-0.25, -0.2) is 4.98 Å². The number of aromatic nitrogens is 3. The van der Waals surface area contributed by atoms with Gasteiger partial charge in [-0.1, -0.05) is 88.9 Å². The summed E-state index contributed by atoms with van der Waals surface area (Å²) in [7, 11) is 0. The Balaban J connectivity index is 0.000000302. The minimum absolute atomic E-state index is 0. The zero-order valence-electron chi connectivity index (χ0n) is 31.0. The molecule has 0 amide bonds. The number of rotatable bonds is 4. The predicted molar refractivity (Wildman–Crippen MR) is 214 cm³/mol. The Hall–Kier alpha value is -4.48. The average Bonchev–Trinajstić information content (AvgIpc) is 3.69.